The number of β-amino-alcohol motifs (C(OH)–C–C–N with tert-alkyl or cyclic N) is 1. The highest BCUT2D eigenvalue weighted by atomic mass is 79.9. The zero-order chi connectivity index (χ0) is 19.2. The summed E-state index contributed by atoms with van der Waals surface area (Å²) in [5.41, 5.74) is 3.28. The Morgan fingerprint density at radius 2 is 2.07 bits per heavy atom. The molecule has 2 N–H and O–H groups in total. The van der Waals surface area contributed by atoms with E-state index in [0.29, 0.717) is 19.7 Å². The molecule has 3 rings (SSSR count). The van der Waals surface area contributed by atoms with Crippen LogP contribution >= 0.6 is 15.9 Å². The Morgan fingerprint density at radius 3 is 2.78 bits per heavy atom. The van der Waals surface area contributed by atoms with Crippen molar-refractivity contribution >= 4 is 21.8 Å². The summed E-state index contributed by atoms with van der Waals surface area (Å²) in [6.45, 7) is 3.52. The van der Waals surface area contributed by atoms with E-state index in [-0.39, 0.29) is 0 Å². The maximum atomic E-state index is 9.71. The second kappa shape index (κ2) is 9.24. The monoisotopic (exact) mass is 432 g/mol. The molecular formula is C21H25BrN2O3. The molecule has 1 unspecified atom stereocenters. The van der Waals surface area contributed by atoms with Crippen LogP contribution in [0.4, 0.5) is 0 Å². The van der Waals surface area contributed by atoms with Crippen molar-refractivity contribution in [2.45, 2.75) is 25.9 Å². The standard InChI is InChI=1S/C21H25BrN2O3/c1-3-27-20-6-4-5-18(21-23-12-16(25)13-24-21)17(20)9-7-14-11-15(22)8-10-19(14)26-2/h4-6,8,10-11,16,25H,3,7,9,12-13H2,1-2H3,(H,23,24). The van der Waals surface area contributed by atoms with Gasteiger partial charge in [-0.25, -0.2) is 0 Å². The van der Waals surface area contributed by atoms with Gasteiger partial charge in [0.15, 0.2) is 0 Å². The topological polar surface area (TPSA) is 63.1 Å². The van der Waals surface area contributed by atoms with Gasteiger partial charge in [0.05, 0.1) is 26.4 Å². The van der Waals surface area contributed by atoms with E-state index in [1.54, 1.807) is 7.11 Å². The zero-order valence-corrected chi connectivity index (χ0v) is 17.3. The Kier molecular flexibility index (Phi) is 6.74. The lowest BCUT2D eigenvalue weighted by Gasteiger charge is -2.22. The van der Waals surface area contributed by atoms with Gasteiger partial charge in [0.1, 0.15) is 17.3 Å². The molecule has 0 radical (unpaired) electrons. The van der Waals surface area contributed by atoms with Crippen molar-refractivity contribution in [2.75, 3.05) is 26.8 Å². The minimum absolute atomic E-state index is 0.417. The van der Waals surface area contributed by atoms with E-state index in [1.807, 2.05) is 31.2 Å². The number of benzene rings is 2. The number of aliphatic hydroxyl groups excluding tert-OH is 1. The molecule has 27 heavy (non-hydrogen) atoms. The molecule has 2 aromatic rings. The number of ether oxygens (including phenoxy) is 2. The fraction of sp³-hybridized carbons (Fsp3) is 0.381. The fourth-order valence-corrected chi connectivity index (χ4v) is 3.66. The van der Waals surface area contributed by atoms with Crippen molar-refractivity contribution in [3.05, 3.63) is 57.6 Å². The molecule has 0 aromatic heterocycles. The van der Waals surface area contributed by atoms with Crippen molar-refractivity contribution in [1.29, 1.82) is 0 Å². The maximum Gasteiger partial charge on any atom is 0.128 e. The predicted molar refractivity (Wildman–Crippen MR) is 111 cm³/mol. The van der Waals surface area contributed by atoms with Crippen LogP contribution < -0.4 is 14.8 Å². The van der Waals surface area contributed by atoms with Crippen molar-refractivity contribution < 1.29 is 14.6 Å². The summed E-state index contributed by atoms with van der Waals surface area (Å²) in [6.07, 6.45) is 1.18. The van der Waals surface area contributed by atoms with Gasteiger partial charge < -0.3 is 19.9 Å². The van der Waals surface area contributed by atoms with Crippen molar-refractivity contribution in [3.63, 3.8) is 0 Å². The lowest BCUT2D eigenvalue weighted by molar-refractivity contribution is 0.181. The van der Waals surface area contributed by atoms with Gasteiger partial charge in [0.2, 0.25) is 0 Å². The van der Waals surface area contributed by atoms with Crippen LogP contribution in [-0.4, -0.2) is 43.9 Å². The molecule has 0 spiro atoms. The lowest BCUT2D eigenvalue weighted by atomic mass is 9.97. The number of amidine groups is 1. The van der Waals surface area contributed by atoms with Gasteiger partial charge in [-0.1, -0.05) is 28.1 Å². The van der Waals surface area contributed by atoms with Gasteiger partial charge in [-0.15, -0.1) is 0 Å². The summed E-state index contributed by atoms with van der Waals surface area (Å²) in [5.74, 6) is 2.57. The molecule has 1 atom stereocenters. The third kappa shape index (κ3) is 4.82. The summed E-state index contributed by atoms with van der Waals surface area (Å²) in [6, 6.07) is 12.1. The van der Waals surface area contributed by atoms with Crippen LogP contribution in [0.2, 0.25) is 0 Å². The first-order chi connectivity index (χ1) is 13.1. The second-order valence-electron chi connectivity index (χ2n) is 6.40. The number of halogens is 1. The van der Waals surface area contributed by atoms with E-state index in [0.717, 1.165) is 51.3 Å². The Morgan fingerprint density at radius 1 is 1.22 bits per heavy atom. The van der Waals surface area contributed by atoms with Gasteiger partial charge in [-0.05, 0) is 49.6 Å². The lowest BCUT2D eigenvalue weighted by Crippen LogP contribution is -2.39. The molecule has 0 amide bonds. The Balaban J connectivity index is 1.92. The van der Waals surface area contributed by atoms with Crippen LogP contribution in [0, 0.1) is 0 Å². The summed E-state index contributed by atoms with van der Waals surface area (Å²) >= 11 is 3.54. The minimum atomic E-state index is -0.432. The molecule has 0 fully saturated rings. The van der Waals surface area contributed by atoms with E-state index in [4.69, 9.17) is 9.47 Å². The summed E-state index contributed by atoms with van der Waals surface area (Å²) in [4.78, 5) is 4.51. The Labute approximate surface area is 168 Å². The normalized spacial score (nSPS) is 16.4. The van der Waals surface area contributed by atoms with Crippen LogP contribution in [0.1, 0.15) is 23.6 Å². The number of rotatable bonds is 7. The number of nitrogens with one attached hydrogen (secondary N) is 1. The molecule has 2 aromatic carbocycles. The molecule has 0 bridgehead atoms. The van der Waals surface area contributed by atoms with E-state index in [9.17, 15) is 5.11 Å². The first-order valence-corrected chi connectivity index (χ1v) is 9.95. The molecule has 0 saturated carbocycles. The smallest absolute Gasteiger partial charge is 0.128 e. The molecule has 0 aliphatic carbocycles. The van der Waals surface area contributed by atoms with Gasteiger partial charge in [0.25, 0.3) is 0 Å². The van der Waals surface area contributed by atoms with Gasteiger partial charge in [-0.3, -0.25) is 4.99 Å². The predicted octanol–water partition coefficient (Wildman–Crippen LogP) is 3.35. The minimum Gasteiger partial charge on any atom is -0.496 e. The van der Waals surface area contributed by atoms with Crippen LogP contribution in [-0.2, 0) is 12.8 Å². The number of aliphatic imine (C=N–C) groups is 1. The quantitative estimate of drug-likeness (QED) is 0.703. The largest absolute Gasteiger partial charge is 0.496 e. The first-order valence-electron chi connectivity index (χ1n) is 9.16. The summed E-state index contributed by atoms with van der Waals surface area (Å²) < 4.78 is 12.4. The molecule has 0 saturated heterocycles. The number of methoxy groups -OCH3 is 1. The molecule has 144 valence electrons. The number of nitrogens with zero attached hydrogens (tertiary/aromatic N) is 1. The van der Waals surface area contributed by atoms with Gasteiger partial charge >= 0.3 is 0 Å². The van der Waals surface area contributed by atoms with Crippen molar-refractivity contribution in [1.82, 2.24) is 5.32 Å². The van der Waals surface area contributed by atoms with Crippen molar-refractivity contribution in [2.24, 2.45) is 4.99 Å². The molecular weight excluding hydrogens is 408 g/mol. The summed E-state index contributed by atoms with van der Waals surface area (Å²) in [5, 5.41) is 12.9. The third-order valence-corrected chi connectivity index (χ3v) is 5.03. The number of hydrogen-bond donors (Lipinski definition) is 2. The number of hydrogen-bond acceptors (Lipinski definition) is 5. The highest BCUT2D eigenvalue weighted by Crippen LogP contribution is 2.29. The number of aryl methyl sites for hydroxylation is 1. The first kappa shape index (κ1) is 19.7. The molecule has 1 heterocycles. The fourth-order valence-electron chi connectivity index (χ4n) is 3.25. The van der Waals surface area contributed by atoms with E-state index in [2.05, 4.69) is 38.4 Å². The summed E-state index contributed by atoms with van der Waals surface area (Å²) in [7, 11) is 1.69. The van der Waals surface area contributed by atoms with Gasteiger partial charge in [0, 0.05) is 22.1 Å². The molecule has 5 nitrogen and oxygen atoms in total. The van der Waals surface area contributed by atoms with E-state index < -0.39 is 6.10 Å². The second-order valence-corrected chi connectivity index (χ2v) is 7.31. The average Bonchev–Trinajstić information content (AvgIpc) is 2.68. The highest BCUT2D eigenvalue weighted by molar-refractivity contribution is 9.10. The van der Waals surface area contributed by atoms with Crippen LogP contribution in [0.25, 0.3) is 0 Å². The average molecular weight is 433 g/mol. The van der Waals surface area contributed by atoms with Crippen LogP contribution in [0.3, 0.4) is 0 Å². The number of aliphatic hydroxyl groups is 1. The highest BCUT2D eigenvalue weighted by Gasteiger charge is 2.19. The third-order valence-electron chi connectivity index (χ3n) is 4.54. The van der Waals surface area contributed by atoms with Crippen LogP contribution in [0.5, 0.6) is 11.5 Å². The van der Waals surface area contributed by atoms with E-state index >= 15 is 0 Å². The van der Waals surface area contributed by atoms with Gasteiger partial charge in [-0.2, -0.15) is 0 Å². The Bertz CT molecular complexity index is 823. The zero-order valence-electron chi connectivity index (χ0n) is 15.7. The molecule has 1 aliphatic heterocycles. The molecule has 1 aliphatic rings. The maximum absolute atomic E-state index is 9.71. The SMILES string of the molecule is CCOc1cccc(C2=NCC(O)CN2)c1CCc1cc(Br)ccc1OC. The molecule has 6 heteroatoms. The van der Waals surface area contributed by atoms with Crippen molar-refractivity contribution in [3.8, 4) is 11.5 Å². The van der Waals surface area contributed by atoms with Crippen LogP contribution in [0.15, 0.2) is 45.9 Å². The Hall–Kier alpha value is -2.05. The van der Waals surface area contributed by atoms with E-state index in [1.165, 1.54) is 0 Å².